The lowest BCUT2D eigenvalue weighted by Crippen LogP contribution is -2.15. The molecule has 3 aromatic rings. The Morgan fingerprint density at radius 3 is 2.23 bits per heavy atom. The van der Waals surface area contributed by atoms with Crippen LogP contribution in [0.5, 0.6) is 0 Å². The molecule has 31 heavy (non-hydrogen) atoms. The van der Waals surface area contributed by atoms with Gasteiger partial charge in [-0.15, -0.1) is 11.3 Å². The van der Waals surface area contributed by atoms with Gasteiger partial charge in [0, 0.05) is 16.8 Å². The number of hydrogen-bond acceptors (Lipinski definition) is 7. The van der Waals surface area contributed by atoms with Crippen LogP contribution in [0.4, 0.5) is 11.4 Å². The lowest BCUT2D eigenvalue weighted by atomic mass is 10.2. The number of nitrogens with one attached hydrogen (secondary N) is 2. The van der Waals surface area contributed by atoms with Crippen molar-refractivity contribution >= 4 is 52.3 Å². The van der Waals surface area contributed by atoms with Crippen LogP contribution in [0, 0.1) is 6.92 Å². The molecule has 0 spiro atoms. The number of ether oxygens (including phenoxy) is 1. The van der Waals surface area contributed by atoms with E-state index in [2.05, 4.69) is 20.4 Å². The summed E-state index contributed by atoms with van der Waals surface area (Å²) in [5, 5.41) is 7.42. The summed E-state index contributed by atoms with van der Waals surface area (Å²) in [6, 6.07) is 14.0. The molecule has 1 aromatic heterocycles. The SMILES string of the molecule is COC(=O)c1ccc(NC(=O)Cc2csc(SCC(=O)Nc3ccc(C)cc3)n2)cc1. The first-order valence-corrected chi connectivity index (χ1v) is 11.2. The predicted molar refractivity (Wildman–Crippen MR) is 123 cm³/mol. The van der Waals surface area contributed by atoms with Gasteiger partial charge >= 0.3 is 5.97 Å². The van der Waals surface area contributed by atoms with Gasteiger partial charge in [0.25, 0.3) is 0 Å². The molecule has 2 N–H and O–H groups in total. The maximum absolute atomic E-state index is 12.3. The Morgan fingerprint density at radius 2 is 1.58 bits per heavy atom. The highest BCUT2D eigenvalue weighted by atomic mass is 32.2. The summed E-state index contributed by atoms with van der Waals surface area (Å²) < 4.78 is 5.37. The molecule has 0 saturated heterocycles. The zero-order valence-corrected chi connectivity index (χ0v) is 18.6. The van der Waals surface area contributed by atoms with Crippen molar-refractivity contribution in [3.63, 3.8) is 0 Å². The number of benzene rings is 2. The number of thiazole rings is 1. The number of rotatable bonds is 8. The molecule has 0 bridgehead atoms. The highest BCUT2D eigenvalue weighted by Gasteiger charge is 2.11. The third-order valence-electron chi connectivity index (χ3n) is 4.12. The quantitative estimate of drug-likeness (QED) is 0.391. The van der Waals surface area contributed by atoms with E-state index in [1.165, 1.54) is 30.2 Å². The lowest BCUT2D eigenvalue weighted by molar-refractivity contribution is -0.116. The molecule has 2 amide bonds. The number of methoxy groups -OCH3 is 1. The second-order valence-electron chi connectivity index (χ2n) is 6.60. The van der Waals surface area contributed by atoms with Gasteiger partial charge in [0.05, 0.1) is 30.5 Å². The van der Waals surface area contributed by atoms with Gasteiger partial charge in [-0.2, -0.15) is 0 Å². The fourth-order valence-corrected chi connectivity index (χ4v) is 4.22. The largest absolute Gasteiger partial charge is 0.465 e. The van der Waals surface area contributed by atoms with E-state index >= 15 is 0 Å². The Bertz CT molecular complexity index is 1060. The molecule has 0 fully saturated rings. The molecule has 1 heterocycles. The Kier molecular flexibility index (Phi) is 7.80. The summed E-state index contributed by atoms with van der Waals surface area (Å²) in [5.74, 6) is -0.527. The number of aromatic nitrogens is 1. The van der Waals surface area contributed by atoms with Crippen molar-refractivity contribution in [2.45, 2.75) is 17.7 Å². The second-order valence-corrected chi connectivity index (χ2v) is 8.68. The number of anilines is 2. The van der Waals surface area contributed by atoms with Gasteiger partial charge in [-0.3, -0.25) is 9.59 Å². The van der Waals surface area contributed by atoms with Crippen LogP contribution in [0.2, 0.25) is 0 Å². The molecular weight excluding hydrogens is 434 g/mol. The topological polar surface area (TPSA) is 97.4 Å². The van der Waals surface area contributed by atoms with Crippen molar-refractivity contribution in [3.05, 3.63) is 70.7 Å². The minimum absolute atomic E-state index is 0.112. The summed E-state index contributed by atoms with van der Waals surface area (Å²) in [6.07, 6.45) is 0.116. The molecule has 160 valence electrons. The molecule has 0 unspecified atom stereocenters. The third-order valence-corrected chi connectivity index (χ3v) is 6.19. The van der Waals surface area contributed by atoms with E-state index in [0.717, 1.165) is 15.6 Å². The van der Waals surface area contributed by atoms with Crippen molar-refractivity contribution < 1.29 is 19.1 Å². The van der Waals surface area contributed by atoms with Gasteiger partial charge in [-0.05, 0) is 43.3 Å². The molecule has 9 heteroatoms. The summed E-state index contributed by atoms with van der Waals surface area (Å²) in [6.45, 7) is 1.99. The summed E-state index contributed by atoms with van der Waals surface area (Å²) in [4.78, 5) is 40.2. The average Bonchev–Trinajstić information content (AvgIpc) is 3.21. The van der Waals surface area contributed by atoms with Crippen molar-refractivity contribution in [2.75, 3.05) is 23.5 Å². The number of hydrogen-bond donors (Lipinski definition) is 2. The van der Waals surface area contributed by atoms with E-state index in [0.29, 0.717) is 16.9 Å². The van der Waals surface area contributed by atoms with Crippen molar-refractivity contribution in [1.29, 1.82) is 0 Å². The van der Waals surface area contributed by atoms with Crippen LogP contribution in [0.15, 0.2) is 58.3 Å². The predicted octanol–water partition coefficient (Wildman–Crippen LogP) is 4.15. The zero-order valence-electron chi connectivity index (χ0n) is 17.0. The number of carbonyl (C=O) groups is 3. The van der Waals surface area contributed by atoms with Crippen molar-refractivity contribution in [3.8, 4) is 0 Å². The molecule has 0 aliphatic rings. The monoisotopic (exact) mass is 455 g/mol. The average molecular weight is 456 g/mol. The van der Waals surface area contributed by atoms with Gasteiger partial charge in [-0.1, -0.05) is 29.5 Å². The molecule has 0 radical (unpaired) electrons. The smallest absolute Gasteiger partial charge is 0.337 e. The highest BCUT2D eigenvalue weighted by Crippen LogP contribution is 2.23. The number of esters is 1. The summed E-state index contributed by atoms with van der Waals surface area (Å²) >= 11 is 2.73. The third kappa shape index (κ3) is 6.94. The van der Waals surface area contributed by atoms with Gasteiger partial charge in [-0.25, -0.2) is 9.78 Å². The van der Waals surface area contributed by atoms with Crippen LogP contribution in [-0.4, -0.2) is 35.6 Å². The van der Waals surface area contributed by atoms with Crippen LogP contribution in [0.25, 0.3) is 0 Å². The van der Waals surface area contributed by atoms with E-state index in [-0.39, 0.29) is 24.0 Å². The van der Waals surface area contributed by atoms with Crippen molar-refractivity contribution in [1.82, 2.24) is 4.98 Å². The van der Waals surface area contributed by atoms with Gasteiger partial charge < -0.3 is 15.4 Å². The molecule has 7 nitrogen and oxygen atoms in total. The van der Waals surface area contributed by atoms with E-state index < -0.39 is 5.97 Å². The molecule has 3 rings (SSSR count). The van der Waals surface area contributed by atoms with Gasteiger partial charge in [0.15, 0.2) is 4.34 Å². The van der Waals surface area contributed by atoms with E-state index in [9.17, 15) is 14.4 Å². The standard InChI is InChI=1S/C22H21N3O4S2/c1-14-3-7-16(8-4-14)24-20(27)13-31-22-25-18(12-30-22)11-19(26)23-17-9-5-15(6-10-17)21(28)29-2/h3-10,12H,11,13H2,1-2H3,(H,23,26)(H,24,27). The fraction of sp³-hybridized carbons (Fsp3) is 0.182. The Hall–Kier alpha value is -3.17. The summed E-state index contributed by atoms with van der Waals surface area (Å²) in [7, 11) is 1.31. The van der Waals surface area contributed by atoms with Crippen LogP contribution in [0.1, 0.15) is 21.6 Å². The molecule has 0 aliphatic heterocycles. The van der Waals surface area contributed by atoms with Crippen LogP contribution in [-0.2, 0) is 20.7 Å². The van der Waals surface area contributed by atoms with E-state index in [4.69, 9.17) is 0 Å². The molecule has 0 atom stereocenters. The normalized spacial score (nSPS) is 10.4. The number of carbonyl (C=O) groups excluding carboxylic acids is 3. The summed E-state index contributed by atoms with van der Waals surface area (Å²) in [5.41, 5.74) is 3.51. The van der Waals surface area contributed by atoms with Crippen molar-refractivity contribution in [2.24, 2.45) is 0 Å². The second kappa shape index (κ2) is 10.7. The number of nitrogens with zero attached hydrogens (tertiary/aromatic N) is 1. The number of amides is 2. The molecule has 0 aliphatic carbocycles. The zero-order chi connectivity index (χ0) is 22.2. The van der Waals surface area contributed by atoms with Crippen LogP contribution in [0.3, 0.4) is 0 Å². The highest BCUT2D eigenvalue weighted by molar-refractivity contribution is 8.01. The Balaban J connectivity index is 1.45. The maximum atomic E-state index is 12.3. The Labute approximate surface area is 188 Å². The molecule has 2 aromatic carbocycles. The lowest BCUT2D eigenvalue weighted by Gasteiger charge is -2.05. The maximum Gasteiger partial charge on any atom is 0.337 e. The molecule has 0 saturated carbocycles. The van der Waals surface area contributed by atoms with Gasteiger partial charge in [0.1, 0.15) is 0 Å². The first-order valence-electron chi connectivity index (χ1n) is 9.35. The Morgan fingerprint density at radius 1 is 0.968 bits per heavy atom. The minimum atomic E-state index is -0.432. The van der Waals surface area contributed by atoms with Gasteiger partial charge in [0.2, 0.25) is 11.8 Å². The minimum Gasteiger partial charge on any atom is -0.465 e. The van der Waals surface area contributed by atoms with E-state index in [1.54, 1.807) is 29.6 Å². The van der Waals surface area contributed by atoms with Crippen LogP contribution < -0.4 is 10.6 Å². The first kappa shape index (κ1) is 22.5. The number of aryl methyl sites for hydroxylation is 1. The number of thioether (sulfide) groups is 1. The fourth-order valence-electron chi connectivity index (χ4n) is 2.57. The molecular formula is C22H21N3O4S2. The van der Waals surface area contributed by atoms with Crippen LogP contribution >= 0.6 is 23.1 Å². The first-order chi connectivity index (χ1) is 14.9. The van der Waals surface area contributed by atoms with E-state index in [1.807, 2.05) is 31.2 Å².